The van der Waals surface area contributed by atoms with Crippen LogP contribution < -0.4 is 10.6 Å². The van der Waals surface area contributed by atoms with Crippen LogP contribution in [0.2, 0.25) is 0 Å². The van der Waals surface area contributed by atoms with Crippen LogP contribution in [0.25, 0.3) is 0 Å². The first-order chi connectivity index (χ1) is 10.5. The Hall–Kier alpha value is -2.41. The van der Waals surface area contributed by atoms with Crippen molar-refractivity contribution in [1.82, 2.24) is 0 Å². The van der Waals surface area contributed by atoms with Gasteiger partial charge in [0.1, 0.15) is 0 Å². The average molecular weight is 364 g/mol. The van der Waals surface area contributed by atoms with E-state index in [1.807, 2.05) is 25.1 Å². The lowest BCUT2D eigenvalue weighted by Gasteiger charge is -2.09. The Morgan fingerprint density at radius 1 is 1.27 bits per heavy atom. The maximum absolute atomic E-state index is 11.9. The number of nitrogens with zero attached hydrogens (tertiary/aromatic N) is 1. The van der Waals surface area contributed by atoms with Crippen molar-refractivity contribution in [2.75, 3.05) is 17.2 Å². The van der Waals surface area contributed by atoms with Gasteiger partial charge in [-0.1, -0.05) is 12.1 Å². The highest BCUT2D eigenvalue weighted by atomic mass is 79.9. The normalized spacial score (nSPS) is 10.1. The number of hydrogen-bond donors (Lipinski definition) is 2. The Balaban J connectivity index is 1.95. The predicted octanol–water partition coefficient (Wildman–Crippen LogP) is 3.72. The fourth-order valence-corrected chi connectivity index (χ4v) is 2.42. The number of nitrogens with one attached hydrogen (secondary N) is 2. The second-order valence-corrected chi connectivity index (χ2v) is 5.55. The van der Waals surface area contributed by atoms with Crippen molar-refractivity contribution in [2.24, 2.45) is 0 Å². The number of halogens is 1. The summed E-state index contributed by atoms with van der Waals surface area (Å²) >= 11 is 3.39. The van der Waals surface area contributed by atoms with E-state index in [0.717, 1.165) is 10.0 Å². The maximum Gasteiger partial charge on any atom is 0.271 e. The number of rotatable bonds is 5. The Morgan fingerprint density at radius 2 is 2.05 bits per heavy atom. The SMILES string of the molecule is Cc1ccc(NC(=O)CNc2cccc([N+](=O)[O-])c2)c(Br)c1. The third-order valence-electron chi connectivity index (χ3n) is 2.91. The predicted molar refractivity (Wildman–Crippen MR) is 89.1 cm³/mol. The smallest absolute Gasteiger partial charge is 0.271 e. The van der Waals surface area contributed by atoms with Crippen molar-refractivity contribution in [2.45, 2.75) is 6.92 Å². The van der Waals surface area contributed by atoms with Crippen molar-refractivity contribution in [3.05, 3.63) is 62.6 Å². The molecule has 2 aromatic rings. The van der Waals surface area contributed by atoms with Gasteiger partial charge >= 0.3 is 0 Å². The fraction of sp³-hybridized carbons (Fsp3) is 0.133. The molecule has 22 heavy (non-hydrogen) atoms. The lowest BCUT2D eigenvalue weighted by molar-refractivity contribution is -0.384. The number of benzene rings is 2. The lowest BCUT2D eigenvalue weighted by atomic mass is 10.2. The van der Waals surface area contributed by atoms with Crippen LogP contribution in [0, 0.1) is 17.0 Å². The molecular weight excluding hydrogens is 350 g/mol. The van der Waals surface area contributed by atoms with E-state index in [2.05, 4.69) is 26.6 Å². The Labute approximate surface area is 135 Å². The van der Waals surface area contributed by atoms with Crippen LogP contribution >= 0.6 is 15.9 Å². The quantitative estimate of drug-likeness (QED) is 0.626. The van der Waals surface area contributed by atoms with Crippen LogP contribution in [0.4, 0.5) is 17.1 Å². The summed E-state index contributed by atoms with van der Waals surface area (Å²) in [5.41, 5.74) is 2.26. The van der Waals surface area contributed by atoms with Gasteiger partial charge in [0.2, 0.25) is 5.91 Å². The summed E-state index contributed by atoms with van der Waals surface area (Å²) in [6.07, 6.45) is 0. The number of non-ortho nitro benzene ring substituents is 1. The minimum atomic E-state index is -0.478. The number of anilines is 2. The molecule has 0 aliphatic rings. The molecule has 114 valence electrons. The molecule has 0 unspecified atom stereocenters. The fourth-order valence-electron chi connectivity index (χ4n) is 1.83. The molecule has 0 atom stereocenters. The summed E-state index contributed by atoms with van der Waals surface area (Å²) in [6.45, 7) is 1.97. The van der Waals surface area contributed by atoms with Gasteiger partial charge in [0.05, 0.1) is 17.2 Å². The van der Waals surface area contributed by atoms with E-state index < -0.39 is 4.92 Å². The van der Waals surface area contributed by atoms with Crippen LogP contribution in [0.5, 0.6) is 0 Å². The molecule has 2 N–H and O–H groups in total. The number of carbonyl (C=O) groups is 1. The molecule has 0 heterocycles. The van der Waals surface area contributed by atoms with Gasteiger partial charge < -0.3 is 10.6 Å². The average Bonchev–Trinajstić information content (AvgIpc) is 2.48. The molecule has 0 fully saturated rings. The number of nitro benzene ring substituents is 1. The number of hydrogen-bond acceptors (Lipinski definition) is 4. The minimum Gasteiger partial charge on any atom is -0.376 e. The number of nitro groups is 1. The van der Waals surface area contributed by atoms with E-state index in [9.17, 15) is 14.9 Å². The van der Waals surface area contributed by atoms with E-state index in [-0.39, 0.29) is 18.1 Å². The Kier molecular flexibility index (Phi) is 5.11. The highest BCUT2D eigenvalue weighted by Gasteiger charge is 2.08. The monoisotopic (exact) mass is 363 g/mol. The Bertz CT molecular complexity index is 719. The summed E-state index contributed by atoms with van der Waals surface area (Å²) in [7, 11) is 0. The molecule has 0 radical (unpaired) electrons. The third kappa shape index (κ3) is 4.29. The number of aryl methyl sites for hydroxylation is 1. The first-order valence-corrected chi connectivity index (χ1v) is 7.29. The molecule has 0 aromatic heterocycles. The van der Waals surface area contributed by atoms with Crippen molar-refractivity contribution in [1.29, 1.82) is 0 Å². The minimum absolute atomic E-state index is 0.0154. The molecule has 2 aromatic carbocycles. The Morgan fingerprint density at radius 3 is 2.73 bits per heavy atom. The number of carbonyl (C=O) groups excluding carboxylic acids is 1. The van der Waals surface area contributed by atoms with Crippen molar-refractivity contribution < 1.29 is 9.72 Å². The second-order valence-electron chi connectivity index (χ2n) is 4.69. The standard InChI is InChI=1S/C15H14BrN3O3/c1-10-5-6-14(13(16)7-10)18-15(20)9-17-11-3-2-4-12(8-11)19(21)22/h2-8,17H,9H2,1H3,(H,18,20). The van der Waals surface area contributed by atoms with Gasteiger partial charge in [-0.25, -0.2) is 0 Å². The third-order valence-corrected chi connectivity index (χ3v) is 3.56. The van der Waals surface area contributed by atoms with E-state index in [1.165, 1.54) is 12.1 Å². The van der Waals surface area contributed by atoms with E-state index in [4.69, 9.17) is 0 Å². The molecular formula is C15H14BrN3O3. The van der Waals surface area contributed by atoms with Crippen molar-refractivity contribution >= 4 is 38.9 Å². The first kappa shape index (κ1) is 16.0. The van der Waals surface area contributed by atoms with E-state index in [1.54, 1.807) is 12.1 Å². The van der Waals surface area contributed by atoms with Gasteiger partial charge in [0.15, 0.2) is 0 Å². The molecule has 6 nitrogen and oxygen atoms in total. The van der Waals surface area contributed by atoms with Gasteiger partial charge in [-0.15, -0.1) is 0 Å². The molecule has 0 saturated heterocycles. The molecule has 1 amide bonds. The summed E-state index contributed by atoms with van der Waals surface area (Å²) in [5, 5.41) is 16.3. The summed E-state index contributed by atoms with van der Waals surface area (Å²) in [6, 6.07) is 11.6. The first-order valence-electron chi connectivity index (χ1n) is 6.50. The van der Waals surface area contributed by atoms with Gasteiger partial charge in [-0.2, -0.15) is 0 Å². The molecule has 0 aliphatic heterocycles. The van der Waals surface area contributed by atoms with Crippen LogP contribution in [0.1, 0.15) is 5.56 Å². The highest BCUT2D eigenvalue weighted by molar-refractivity contribution is 9.10. The lowest BCUT2D eigenvalue weighted by Crippen LogP contribution is -2.22. The largest absolute Gasteiger partial charge is 0.376 e. The summed E-state index contributed by atoms with van der Waals surface area (Å²) in [4.78, 5) is 22.1. The number of amides is 1. The van der Waals surface area contributed by atoms with Crippen LogP contribution in [0.15, 0.2) is 46.9 Å². The molecule has 0 spiro atoms. The second kappa shape index (κ2) is 7.04. The van der Waals surface area contributed by atoms with E-state index in [0.29, 0.717) is 11.4 Å². The van der Waals surface area contributed by atoms with Gasteiger partial charge in [0, 0.05) is 22.3 Å². The zero-order valence-electron chi connectivity index (χ0n) is 11.8. The van der Waals surface area contributed by atoms with Gasteiger partial charge in [-0.05, 0) is 46.6 Å². The van der Waals surface area contributed by atoms with Gasteiger partial charge in [-0.3, -0.25) is 14.9 Å². The molecule has 0 aliphatic carbocycles. The van der Waals surface area contributed by atoms with Crippen molar-refractivity contribution in [3.63, 3.8) is 0 Å². The molecule has 7 heteroatoms. The van der Waals surface area contributed by atoms with Crippen LogP contribution in [0.3, 0.4) is 0 Å². The topological polar surface area (TPSA) is 84.3 Å². The summed E-state index contributed by atoms with van der Waals surface area (Å²) in [5.74, 6) is -0.240. The van der Waals surface area contributed by atoms with Crippen LogP contribution in [-0.2, 0) is 4.79 Å². The van der Waals surface area contributed by atoms with E-state index >= 15 is 0 Å². The maximum atomic E-state index is 11.9. The van der Waals surface area contributed by atoms with Crippen molar-refractivity contribution in [3.8, 4) is 0 Å². The zero-order valence-corrected chi connectivity index (χ0v) is 13.4. The molecule has 0 bridgehead atoms. The zero-order chi connectivity index (χ0) is 16.1. The molecule has 0 saturated carbocycles. The molecule has 2 rings (SSSR count). The highest BCUT2D eigenvalue weighted by Crippen LogP contribution is 2.23. The van der Waals surface area contributed by atoms with Crippen LogP contribution in [-0.4, -0.2) is 17.4 Å². The summed E-state index contributed by atoms with van der Waals surface area (Å²) < 4.78 is 0.802. The van der Waals surface area contributed by atoms with Gasteiger partial charge in [0.25, 0.3) is 5.69 Å².